The summed E-state index contributed by atoms with van der Waals surface area (Å²) < 4.78 is 4.93. The molecule has 0 aliphatic carbocycles. The van der Waals surface area contributed by atoms with Crippen molar-refractivity contribution in [1.82, 2.24) is 26.4 Å². The number of nitrogens with zero attached hydrogens (tertiary/aromatic N) is 2. The van der Waals surface area contributed by atoms with Crippen LogP contribution >= 0.6 is 0 Å². The first-order valence-electron chi connectivity index (χ1n) is 15.2. The molecule has 2 aromatic carbocycles. The Morgan fingerprint density at radius 3 is 2.30 bits per heavy atom. The number of aliphatic hydroxyl groups is 1. The number of amides is 4. The molecule has 5 N–H and O–H groups in total. The van der Waals surface area contributed by atoms with Gasteiger partial charge in [-0.3, -0.25) is 19.2 Å². The smallest absolute Gasteiger partial charge is 0.274 e. The van der Waals surface area contributed by atoms with Crippen LogP contribution in [0.15, 0.2) is 64.7 Å². The van der Waals surface area contributed by atoms with Crippen molar-refractivity contribution in [2.24, 2.45) is 0 Å². The number of aliphatic hydroxyl groups excluding tert-OH is 1. The van der Waals surface area contributed by atoms with Crippen LogP contribution in [-0.4, -0.2) is 57.6 Å². The average Bonchev–Trinajstić information content (AvgIpc) is 3.45. The molecule has 0 aliphatic rings. The summed E-state index contributed by atoms with van der Waals surface area (Å²) in [4.78, 5) is 52.1. The Morgan fingerprint density at radius 1 is 1.00 bits per heavy atom. The number of hydrogen-bond donors (Lipinski definition) is 5. The number of rotatable bonds is 13. The summed E-state index contributed by atoms with van der Waals surface area (Å²) in [7, 11) is 0. The molecule has 0 fully saturated rings. The lowest BCUT2D eigenvalue weighted by Crippen LogP contribution is -2.57. The summed E-state index contributed by atoms with van der Waals surface area (Å²) in [5, 5.41) is 34.4. The molecule has 47 heavy (non-hydrogen) atoms. The Hall–Kier alpha value is -5.28. The monoisotopic (exact) mass is 642 g/mol. The number of aromatic nitrogens is 1. The number of carbonyl (C=O) groups is 4. The summed E-state index contributed by atoms with van der Waals surface area (Å²) in [6.45, 7) is 10.6. The van der Waals surface area contributed by atoms with Gasteiger partial charge in [0.1, 0.15) is 29.5 Å². The van der Waals surface area contributed by atoms with Gasteiger partial charge in [0.2, 0.25) is 11.8 Å². The van der Waals surface area contributed by atoms with Crippen molar-refractivity contribution in [2.45, 2.75) is 84.7 Å². The highest BCUT2D eigenvalue weighted by Gasteiger charge is 2.31. The number of carbonyl (C=O) groups excluding carboxylic acids is 4. The maximum Gasteiger partial charge on any atom is 0.274 e. The highest BCUT2D eigenvalue weighted by atomic mass is 16.5. The summed E-state index contributed by atoms with van der Waals surface area (Å²) in [6.07, 6.45) is 0.697. The van der Waals surface area contributed by atoms with Gasteiger partial charge in [-0.25, -0.2) is 0 Å². The normalized spacial score (nSPS) is 13.4. The molecule has 0 saturated carbocycles. The van der Waals surface area contributed by atoms with Crippen molar-refractivity contribution in [1.29, 1.82) is 5.26 Å². The molecule has 1 aromatic heterocycles. The first-order chi connectivity index (χ1) is 22.1. The van der Waals surface area contributed by atoms with Crippen LogP contribution < -0.4 is 21.3 Å². The van der Waals surface area contributed by atoms with Gasteiger partial charge in [0.15, 0.2) is 5.69 Å². The second kappa shape index (κ2) is 16.3. The molecule has 0 aliphatic heterocycles. The fraction of sp³-hybridized carbons (Fsp3) is 0.371. The van der Waals surface area contributed by atoms with Gasteiger partial charge in [0.05, 0.1) is 6.10 Å². The second-order valence-electron chi connectivity index (χ2n) is 12.4. The Labute approximate surface area is 274 Å². The fourth-order valence-corrected chi connectivity index (χ4v) is 4.52. The third kappa shape index (κ3) is 11.5. The van der Waals surface area contributed by atoms with E-state index in [1.807, 2.05) is 64.1 Å². The van der Waals surface area contributed by atoms with E-state index in [1.54, 1.807) is 25.1 Å². The Bertz CT molecular complexity index is 1650. The zero-order valence-corrected chi connectivity index (χ0v) is 27.5. The SMILES string of the molecule is Cc1ccc(CNC(=O)C(CCc2cccc(C=C(C#N)C(=O)NC(C)(C)C)c2)NC(=O)[C@@H](NC(=O)c2cc(C)on2)[C@@H](C)O)cc1. The molecule has 3 rings (SSSR count). The van der Waals surface area contributed by atoms with Gasteiger partial charge < -0.3 is 30.9 Å². The van der Waals surface area contributed by atoms with E-state index in [1.165, 1.54) is 19.1 Å². The van der Waals surface area contributed by atoms with Crippen molar-refractivity contribution in [3.05, 3.63) is 93.9 Å². The van der Waals surface area contributed by atoms with Gasteiger partial charge >= 0.3 is 0 Å². The zero-order valence-electron chi connectivity index (χ0n) is 27.5. The predicted molar refractivity (Wildman–Crippen MR) is 175 cm³/mol. The van der Waals surface area contributed by atoms with Crippen molar-refractivity contribution < 1.29 is 28.8 Å². The van der Waals surface area contributed by atoms with E-state index in [9.17, 15) is 29.5 Å². The van der Waals surface area contributed by atoms with Crippen LogP contribution in [0.4, 0.5) is 0 Å². The van der Waals surface area contributed by atoms with Crippen LogP contribution in [0.2, 0.25) is 0 Å². The molecular formula is C35H42N6O6. The van der Waals surface area contributed by atoms with Gasteiger partial charge in [-0.2, -0.15) is 5.26 Å². The molecule has 1 unspecified atom stereocenters. The summed E-state index contributed by atoms with van der Waals surface area (Å²) in [5.74, 6) is -2.03. The molecule has 3 aromatic rings. The van der Waals surface area contributed by atoms with Crippen LogP contribution in [-0.2, 0) is 27.3 Å². The molecule has 0 saturated heterocycles. The lowest BCUT2D eigenvalue weighted by atomic mass is 10.0. The third-order valence-electron chi connectivity index (χ3n) is 6.97. The number of nitriles is 1. The first-order valence-corrected chi connectivity index (χ1v) is 15.2. The largest absolute Gasteiger partial charge is 0.391 e. The summed E-state index contributed by atoms with van der Waals surface area (Å²) in [6, 6.07) is 15.7. The minimum absolute atomic E-state index is 0.0512. The molecule has 3 atom stereocenters. The molecule has 12 nitrogen and oxygen atoms in total. The van der Waals surface area contributed by atoms with E-state index in [4.69, 9.17) is 4.52 Å². The second-order valence-corrected chi connectivity index (χ2v) is 12.4. The number of benzene rings is 2. The Kier molecular flexibility index (Phi) is 12.6. The van der Waals surface area contributed by atoms with Gasteiger partial charge in [-0.15, -0.1) is 0 Å². The maximum atomic E-state index is 13.4. The lowest BCUT2D eigenvalue weighted by molar-refractivity contribution is -0.131. The minimum Gasteiger partial charge on any atom is -0.391 e. The number of nitrogens with one attached hydrogen (secondary N) is 4. The fourth-order valence-electron chi connectivity index (χ4n) is 4.52. The van der Waals surface area contributed by atoms with Crippen molar-refractivity contribution in [3.63, 3.8) is 0 Å². The van der Waals surface area contributed by atoms with Gasteiger partial charge in [-0.1, -0.05) is 59.3 Å². The molecule has 0 radical (unpaired) electrons. The minimum atomic E-state index is -1.39. The van der Waals surface area contributed by atoms with Crippen LogP contribution in [0.5, 0.6) is 0 Å². The highest BCUT2D eigenvalue weighted by Crippen LogP contribution is 2.14. The Morgan fingerprint density at radius 2 is 1.70 bits per heavy atom. The van der Waals surface area contributed by atoms with Gasteiger partial charge in [-0.05, 0) is 77.2 Å². The molecule has 0 spiro atoms. The van der Waals surface area contributed by atoms with Gasteiger partial charge in [0.25, 0.3) is 11.8 Å². The highest BCUT2D eigenvalue weighted by molar-refractivity contribution is 6.02. The van der Waals surface area contributed by atoms with E-state index in [0.717, 1.165) is 16.7 Å². The molecule has 1 heterocycles. The van der Waals surface area contributed by atoms with Crippen molar-refractivity contribution >= 4 is 29.7 Å². The first kappa shape index (κ1) is 36.2. The molecular weight excluding hydrogens is 600 g/mol. The number of hydrogen-bond acceptors (Lipinski definition) is 8. The molecule has 0 bridgehead atoms. The topological polar surface area (TPSA) is 186 Å². The van der Waals surface area contributed by atoms with Crippen LogP contribution in [0, 0.1) is 25.2 Å². The van der Waals surface area contributed by atoms with Crippen LogP contribution in [0.25, 0.3) is 6.08 Å². The zero-order chi connectivity index (χ0) is 34.7. The standard InChI is InChI=1S/C35H42N6O6/c1-21-10-12-25(13-11-21)20-37-32(44)28(38-34(46)30(23(3)42)39-33(45)29-16-22(2)47-41-29)15-14-24-8-7-9-26(17-24)18-27(19-36)31(43)40-35(4,5)6/h7-13,16-18,23,28,30,42H,14-15,20H2,1-6H3,(H,37,44)(H,38,46)(H,39,45)(H,40,43)/t23-,28?,30+/m1/s1. The number of aryl methyl sites for hydroxylation is 3. The summed E-state index contributed by atoms with van der Waals surface area (Å²) in [5.41, 5.74) is 2.73. The van der Waals surface area contributed by atoms with Crippen molar-refractivity contribution in [3.8, 4) is 6.07 Å². The third-order valence-corrected chi connectivity index (χ3v) is 6.97. The average molecular weight is 643 g/mol. The summed E-state index contributed by atoms with van der Waals surface area (Å²) >= 11 is 0. The van der Waals surface area contributed by atoms with Gasteiger partial charge in [0, 0.05) is 18.2 Å². The van der Waals surface area contributed by atoms with E-state index in [0.29, 0.717) is 17.7 Å². The molecule has 4 amide bonds. The van der Waals surface area contributed by atoms with E-state index in [-0.39, 0.29) is 24.2 Å². The van der Waals surface area contributed by atoms with Crippen LogP contribution in [0.3, 0.4) is 0 Å². The van der Waals surface area contributed by atoms with E-state index < -0.39 is 47.4 Å². The van der Waals surface area contributed by atoms with Crippen LogP contribution in [0.1, 0.15) is 72.6 Å². The van der Waals surface area contributed by atoms with E-state index >= 15 is 0 Å². The quantitative estimate of drug-likeness (QED) is 0.139. The Balaban J connectivity index is 1.79. The molecule has 12 heteroatoms. The predicted octanol–water partition coefficient (Wildman–Crippen LogP) is 3.03. The maximum absolute atomic E-state index is 13.4. The lowest BCUT2D eigenvalue weighted by Gasteiger charge is -2.24. The van der Waals surface area contributed by atoms with Crippen molar-refractivity contribution in [2.75, 3.05) is 0 Å². The molecule has 248 valence electrons. The van der Waals surface area contributed by atoms with E-state index in [2.05, 4.69) is 26.4 Å².